The summed E-state index contributed by atoms with van der Waals surface area (Å²) in [5.74, 6) is -1.56. The van der Waals surface area contributed by atoms with Crippen molar-refractivity contribution in [2.24, 2.45) is 0 Å². The van der Waals surface area contributed by atoms with Crippen LogP contribution < -0.4 is 41.9 Å². The number of carbonyl (C=O) groups is 4. The summed E-state index contributed by atoms with van der Waals surface area (Å²) in [5.41, 5.74) is 17.8. The molecule has 0 aliphatic carbocycles. The summed E-state index contributed by atoms with van der Waals surface area (Å²) < 4.78 is 66.2. The summed E-state index contributed by atoms with van der Waals surface area (Å²) in [4.78, 5) is 51.0. The van der Waals surface area contributed by atoms with Crippen LogP contribution >= 0.6 is 0 Å². The third-order valence-corrected chi connectivity index (χ3v) is 11.8. The van der Waals surface area contributed by atoms with E-state index < -0.39 is 32.1 Å². The van der Waals surface area contributed by atoms with Crippen molar-refractivity contribution in [3.8, 4) is 0 Å². The molecule has 70 heavy (non-hydrogen) atoms. The van der Waals surface area contributed by atoms with E-state index in [0.29, 0.717) is 45.0 Å². The van der Waals surface area contributed by atoms with Gasteiger partial charge in [0.05, 0.1) is 32.5 Å². The zero-order valence-electron chi connectivity index (χ0n) is 38.4. The van der Waals surface area contributed by atoms with Gasteiger partial charge >= 0.3 is 0 Å². The van der Waals surface area contributed by atoms with Crippen molar-refractivity contribution < 1.29 is 54.3 Å². The number of anilines is 6. The van der Waals surface area contributed by atoms with Crippen LogP contribution in [0.25, 0.3) is 0 Å². The van der Waals surface area contributed by atoms with Gasteiger partial charge in [0.15, 0.2) is 24.8 Å². The lowest BCUT2D eigenvalue weighted by molar-refractivity contribution is -0.693. The van der Waals surface area contributed by atoms with Crippen molar-refractivity contribution in [2.75, 3.05) is 32.7 Å². The fourth-order valence-electron chi connectivity index (χ4n) is 6.20. The lowest BCUT2D eigenvalue weighted by Crippen LogP contribution is -2.31. The van der Waals surface area contributed by atoms with Crippen molar-refractivity contribution in [3.05, 3.63) is 192 Å². The molecule has 0 aliphatic heterocycles. The van der Waals surface area contributed by atoms with E-state index in [1.807, 2.05) is 73.7 Å². The number of hydrogen-bond donors (Lipinski definition) is 6. The number of aromatic nitrogens is 2. The summed E-state index contributed by atoms with van der Waals surface area (Å²) in [6.45, 7) is 9.17. The van der Waals surface area contributed by atoms with Crippen LogP contribution in [0.2, 0.25) is 0 Å². The Hall–Kier alpha value is -8.30. The molecule has 0 aliphatic rings. The van der Waals surface area contributed by atoms with Gasteiger partial charge in [0.25, 0.3) is 23.6 Å². The molecular weight excluding hydrogens is 937 g/mol. The Labute approximate surface area is 405 Å². The molecule has 2 heterocycles. The number of carbonyl (C=O) groups excluding carboxylic acids is 4. The normalized spacial score (nSPS) is 10.8. The second kappa shape index (κ2) is 23.6. The molecule has 0 unspecified atom stereocenters. The highest BCUT2D eigenvalue weighted by molar-refractivity contribution is 7.86. The molecule has 0 saturated heterocycles. The highest BCUT2D eigenvalue weighted by Crippen LogP contribution is 2.24. The largest absolute Gasteiger partial charge is 0.744 e. The minimum absolute atomic E-state index is 0.178. The van der Waals surface area contributed by atoms with Crippen LogP contribution in [-0.4, -0.2) is 49.6 Å². The molecule has 4 amide bonds. The highest BCUT2D eigenvalue weighted by Gasteiger charge is 2.16. The first-order valence-corrected chi connectivity index (χ1v) is 24.1. The van der Waals surface area contributed by atoms with Gasteiger partial charge in [-0.25, -0.2) is 26.0 Å². The number of nitrogens with two attached hydrogens (primary N) is 2. The van der Waals surface area contributed by atoms with Crippen LogP contribution in [0.15, 0.2) is 168 Å². The number of rotatable bonds is 12. The molecule has 0 fully saturated rings. The zero-order chi connectivity index (χ0) is 51.2. The second-order valence-electron chi connectivity index (χ2n) is 15.4. The Morgan fingerprint density at radius 1 is 0.471 bits per heavy atom. The Bertz CT molecular complexity index is 3030. The molecule has 8 N–H and O–H groups in total. The Morgan fingerprint density at radius 2 is 0.786 bits per heavy atom. The Morgan fingerprint density at radius 3 is 1.09 bits per heavy atom. The summed E-state index contributed by atoms with van der Waals surface area (Å²) in [5, 5.41) is 11.2. The van der Waals surface area contributed by atoms with Crippen LogP contribution in [0, 0.1) is 13.8 Å². The Kier molecular flexibility index (Phi) is 17.8. The molecule has 7 rings (SSSR count). The molecular formula is C50H50N8O10S2. The van der Waals surface area contributed by atoms with Gasteiger partial charge < -0.3 is 41.8 Å². The van der Waals surface area contributed by atoms with Gasteiger partial charge in [-0.3, -0.25) is 19.2 Å². The summed E-state index contributed by atoms with van der Waals surface area (Å²) >= 11 is 0. The maximum absolute atomic E-state index is 12.9. The molecule has 0 spiro atoms. The lowest BCUT2D eigenvalue weighted by atomic mass is 10.1. The third-order valence-electron chi connectivity index (χ3n) is 10.1. The van der Waals surface area contributed by atoms with E-state index in [4.69, 9.17) is 11.5 Å². The smallest absolute Gasteiger partial charge is 0.255 e. The lowest BCUT2D eigenvalue weighted by Gasteiger charge is -2.12. The van der Waals surface area contributed by atoms with E-state index in [9.17, 15) is 45.1 Å². The monoisotopic (exact) mass is 986 g/mol. The molecule has 20 heteroatoms. The third kappa shape index (κ3) is 15.4. The van der Waals surface area contributed by atoms with E-state index in [1.165, 1.54) is 60.7 Å². The van der Waals surface area contributed by atoms with Gasteiger partial charge in [-0.15, -0.1) is 0 Å². The number of nitrogen functional groups attached to an aromatic ring is 2. The minimum atomic E-state index is -4.27. The number of amides is 4. The first-order valence-electron chi connectivity index (χ1n) is 21.3. The van der Waals surface area contributed by atoms with Crippen molar-refractivity contribution in [1.82, 2.24) is 0 Å². The highest BCUT2D eigenvalue weighted by atomic mass is 32.2. The van der Waals surface area contributed by atoms with Crippen LogP contribution in [0.4, 0.5) is 34.1 Å². The average Bonchev–Trinajstić information content (AvgIpc) is 3.33. The molecule has 0 radical (unpaired) electrons. The predicted molar refractivity (Wildman–Crippen MR) is 263 cm³/mol. The van der Waals surface area contributed by atoms with Crippen molar-refractivity contribution in [2.45, 2.75) is 50.6 Å². The summed E-state index contributed by atoms with van der Waals surface area (Å²) in [6, 6.07) is 34.1. The fourth-order valence-corrected chi connectivity index (χ4v) is 7.14. The van der Waals surface area contributed by atoms with E-state index in [0.717, 1.165) is 24.2 Å². The quantitative estimate of drug-likeness (QED) is 0.0449. The van der Waals surface area contributed by atoms with Crippen molar-refractivity contribution in [3.63, 3.8) is 0 Å². The van der Waals surface area contributed by atoms with Crippen LogP contribution in [0.1, 0.15) is 66.4 Å². The molecule has 0 saturated carbocycles. The molecule has 18 nitrogen and oxygen atoms in total. The molecule has 0 bridgehead atoms. The second-order valence-corrected chi connectivity index (χ2v) is 18.1. The van der Waals surface area contributed by atoms with Gasteiger partial charge in [-0.05, 0) is 125 Å². The number of nitrogens with one attached hydrogen (secondary N) is 4. The zero-order valence-corrected chi connectivity index (χ0v) is 40.0. The first kappa shape index (κ1) is 52.7. The minimum Gasteiger partial charge on any atom is -0.744 e. The van der Waals surface area contributed by atoms with Crippen LogP contribution in [0.3, 0.4) is 0 Å². The van der Waals surface area contributed by atoms with Crippen molar-refractivity contribution in [1.29, 1.82) is 0 Å². The maximum Gasteiger partial charge on any atom is 0.255 e. The number of benzene rings is 5. The maximum atomic E-state index is 12.9. The topological polar surface area (TPSA) is 291 Å². The summed E-state index contributed by atoms with van der Waals surface area (Å²) in [7, 11) is -8.54. The predicted octanol–water partition coefficient (Wildman–Crippen LogP) is 6.27. The average molecular weight is 987 g/mol. The number of pyridine rings is 2. The molecule has 7 aromatic rings. The van der Waals surface area contributed by atoms with E-state index >= 15 is 0 Å². The van der Waals surface area contributed by atoms with Crippen LogP contribution in [0.5, 0.6) is 0 Å². The van der Waals surface area contributed by atoms with Gasteiger partial charge in [0.2, 0.25) is 0 Å². The number of aryl methyl sites for hydroxylation is 4. The molecule has 5 aromatic carbocycles. The van der Waals surface area contributed by atoms with E-state index in [1.54, 1.807) is 60.7 Å². The molecule has 362 valence electrons. The van der Waals surface area contributed by atoms with Gasteiger partial charge in [-0.1, -0.05) is 35.4 Å². The van der Waals surface area contributed by atoms with Crippen molar-refractivity contribution >= 4 is 78.0 Å². The van der Waals surface area contributed by atoms with Gasteiger partial charge in [0, 0.05) is 34.4 Å². The molecule has 0 atom stereocenters. The summed E-state index contributed by atoms with van der Waals surface area (Å²) in [6.07, 6.45) is 7.46. The Balaban J connectivity index is 0.000000338. The number of hydrogen-bond acceptors (Lipinski definition) is 12. The van der Waals surface area contributed by atoms with Gasteiger partial charge in [0.1, 0.15) is 44.7 Å². The fraction of sp³-hybridized carbons (Fsp3) is 0.120. The van der Waals surface area contributed by atoms with E-state index in [2.05, 4.69) is 21.3 Å². The standard InChI is InChI=1S/C36H34N8O4.2C7H8O3S/c1-3-43-17-5-7-27(21-43)39-35(47)25-13-15-31(29(37)19-25)41-33(45)23-9-11-24(12-10-23)34(46)42-32-16-14-26(20-30(32)38)36(48)40-28-8-6-18-44(4-2)22-28;2*1-6-2-4-7(5-3-6)11(8,9)10/h5-22H,3-4H2,1-2H3,(H6-2,37,38,39,40,41,42,45,46,47,48);2*2-5H,1H3,(H,8,9,10). The van der Waals surface area contributed by atoms with Gasteiger partial charge in [-0.2, -0.15) is 0 Å². The first-order chi connectivity index (χ1) is 33.1. The molecule has 2 aromatic heterocycles. The van der Waals surface area contributed by atoms with E-state index in [-0.39, 0.29) is 33.0 Å². The van der Waals surface area contributed by atoms with Crippen LogP contribution in [-0.2, 0) is 33.3 Å². The SMILES string of the molecule is CC[n+]1cccc(NC(=O)c2ccc(NC(=O)c3ccc(C(=O)Nc4ccc(C(=O)Nc5ccc[n+](CC)c5)cc4N)cc3)c(N)c2)c1.Cc1ccc(S(=O)(=O)[O-])cc1.Cc1ccc(S(=O)(=O)[O-])cc1. The number of nitrogens with zero attached hydrogens (tertiary/aromatic N) is 2.